The lowest BCUT2D eigenvalue weighted by molar-refractivity contribution is 0.0696. The Labute approximate surface area is 78.8 Å². The molecule has 0 aliphatic rings. The number of nitrogens with two attached hydrogens (primary N) is 1. The summed E-state index contributed by atoms with van der Waals surface area (Å²) in [5.74, 6) is -0.903. The topological polar surface area (TPSA) is 101 Å². The molecular formula is C6H6N4O2S. The molecule has 0 radical (unpaired) electrons. The van der Waals surface area contributed by atoms with Gasteiger partial charge >= 0.3 is 5.97 Å². The molecule has 0 fully saturated rings. The second kappa shape index (κ2) is 3.76. The molecule has 68 valence electrons. The highest BCUT2D eigenvalue weighted by Gasteiger charge is 2.03. The molecule has 0 spiro atoms. The fourth-order valence-electron chi connectivity index (χ4n) is 0.613. The Hall–Kier alpha value is -1.76. The van der Waals surface area contributed by atoms with Gasteiger partial charge in [-0.1, -0.05) is 0 Å². The smallest absolute Gasteiger partial charge is 0.338 e. The number of aromatic carboxylic acids is 1. The number of aromatic nitrogens is 2. The molecule has 1 aromatic rings. The molecule has 0 aliphatic carbocycles. The number of hydrogen-bond donors (Lipinski definition) is 3. The van der Waals surface area contributed by atoms with E-state index in [4.69, 9.17) is 10.8 Å². The number of anilines is 1. The van der Waals surface area contributed by atoms with E-state index in [-0.39, 0.29) is 16.6 Å². The second-order valence-electron chi connectivity index (χ2n) is 2.09. The van der Waals surface area contributed by atoms with Gasteiger partial charge in [-0.2, -0.15) is 0 Å². The van der Waals surface area contributed by atoms with Crippen LogP contribution in [0.1, 0.15) is 10.4 Å². The minimum Gasteiger partial charge on any atom is -0.478 e. The van der Waals surface area contributed by atoms with E-state index < -0.39 is 5.97 Å². The minimum absolute atomic E-state index is 0.00786. The molecular weight excluding hydrogens is 192 g/mol. The zero-order valence-corrected chi connectivity index (χ0v) is 7.21. The van der Waals surface area contributed by atoms with E-state index in [1.54, 1.807) is 0 Å². The largest absolute Gasteiger partial charge is 0.478 e. The monoisotopic (exact) mass is 198 g/mol. The Morgan fingerprint density at radius 2 is 2.08 bits per heavy atom. The molecule has 1 aromatic heterocycles. The van der Waals surface area contributed by atoms with E-state index in [0.29, 0.717) is 0 Å². The Morgan fingerprint density at radius 1 is 1.54 bits per heavy atom. The maximum atomic E-state index is 10.4. The van der Waals surface area contributed by atoms with Crippen molar-refractivity contribution in [3.05, 3.63) is 18.0 Å². The molecule has 6 nitrogen and oxygen atoms in total. The molecule has 0 saturated carbocycles. The molecule has 0 atom stereocenters. The SMILES string of the molecule is NC(=S)Nc1ncc(C(=O)O)cn1. The number of carboxylic acid groups (broad SMARTS) is 1. The van der Waals surface area contributed by atoms with E-state index in [9.17, 15) is 4.79 Å². The van der Waals surface area contributed by atoms with Gasteiger partial charge in [-0.15, -0.1) is 0 Å². The first-order valence-corrected chi connectivity index (χ1v) is 3.62. The van der Waals surface area contributed by atoms with Crippen LogP contribution in [0.15, 0.2) is 12.4 Å². The van der Waals surface area contributed by atoms with Crippen molar-refractivity contribution in [3.8, 4) is 0 Å². The predicted molar refractivity (Wildman–Crippen MR) is 49.4 cm³/mol. The minimum atomic E-state index is -1.08. The summed E-state index contributed by atoms with van der Waals surface area (Å²) in [6.45, 7) is 0. The summed E-state index contributed by atoms with van der Waals surface area (Å²) in [5.41, 5.74) is 5.15. The number of hydrogen-bond acceptors (Lipinski definition) is 4. The first-order valence-electron chi connectivity index (χ1n) is 3.21. The van der Waals surface area contributed by atoms with Gasteiger partial charge in [0.05, 0.1) is 5.56 Å². The second-order valence-corrected chi connectivity index (χ2v) is 2.53. The van der Waals surface area contributed by atoms with Gasteiger partial charge in [-0.05, 0) is 12.2 Å². The van der Waals surface area contributed by atoms with Crippen LogP contribution in [-0.2, 0) is 0 Å². The fourth-order valence-corrected chi connectivity index (χ4v) is 0.705. The van der Waals surface area contributed by atoms with Crippen LogP contribution in [0.25, 0.3) is 0 Å². The Balaban J connectivity index is 2.81. The highest BCUT2D eigenvalue weighted by Crippen LogP contribution is 1.99. The zero-order chi connectivity index (χ0) is 9.84. The zero-order valence-electron chi connectivity index (χ0n) is 6.39. The van der Waals surface area contributed by atoms with Crippen molar-refractivity contribution in [2.45, 2.75) is 0 Å². The maximum absolute atomic E-state index is 10.4. The van der Waals surface area contributed by atoms with Crippen LogP contribution >= 0.6 is 12.2 Å². The lowest BCUT2D eigenvalue weighted by Crippen LogP contribution is -2.20. The van der Waals surface area contributed by atoms with Crippen LogP contribution in [0.5, 0.6) is 0 Å². The number of nitrogens with one attached hydrogen (secondary N) is 1. The lowest BCUT2D eigenvalue weighted by Gasteiger charge is -2.00. The summed E-state index contributed by atoms with van der Waals surface area (Å²) >= 11 is 4.53. The normalized spacial score (nSPS) is 9.23. The van der Waals surface area contributed by atoms with Gasteiger partial charge in [0.1, 0.15) is 0 Å². The summed E-state index contributed by atoms with van der Waals surface area (Å²) < 4.78 is 0. The predicted octanol–water partition coefficient (Wildman–Crippen LogP) is -0.170. The molecule has 4 N–H and O–H groups in total. The van der Waals surface area contributed by atoms with Gasteiger partial charge in [0.15, 0.2) is 5.11 Å². The fraction of sp³-hybridized carbons (Fsp3) is 0. The first kappa shape index (κ1) is 9.33. The van der Waals surface area contributed by atoms with Crippen molar-refractivity contribution in [2.24, 2.45) is 5.73 Å². The molecule has 1 rings (SSSR count). The van der Waals surface area contributed by atoms with Crippen molar-refractivity contribution in [3.63, 3.8) is 0 Å². The van der Waals surface area contributed by atoms with Crippen LogP contribution in [0.3, 0.4) is 0 Å². The number of thiocarbonyl (C=S) groups is 1. The Morgan fingerprint density at radius 3 is 2.46 bits per heavy atom. The summed E-state index contributed by atoms with van der Waals surface area (Å²) in [6, 6.07) is 0. The van der Waals surface area contributed by atoms with Crippen molar-refractivity contribution in [1.82, 2.24) is 9.97 Å². The quantitative estimate of drug-likeness (QED) is 0.567. The molecule has 0 unspecified atom stereocenters. The molecule has 13 heavy (non-hydrogen) atoms. The first-order chi connectivity index (χ1) is 6.09. The van der Waals surface area contributed by atoms with Crippen molar-refractivity contribution in [2.75, 3.05) is 5.32 Å². The standard InChI is InChI=1S/C6H6N4O2S/c7-5(13)10-6-8-1-3(2-9-6)4(11)12/h1-2H,(H,11,12)(H3,7,8,9,10,13). The van der Waals surface area contributed by atoms with Crippen LogP contribution in [0, 0.1) is 0 Å². The van der Waals surface area contributed by atoms with E-state index >= 15 is 0 Å². The number of carboxylic acids is 1. The van der Waals surface area contributed by atoms with Gasteiger partial charge in [0, 0.05) is 12.4 Å². The summed E-state index contributed by atoms with van der Waals surface area (Å²) in [6.07, 6.45) is 2.33. The lowest BCUT2D eigenvalue weighted by atomic mass is 10.4. The van der Waals surface area contributed by atoms with Gasteiger partial charge in [-0.25, -0.2) is 14.8 Å². The van der Waals surface area contributed by atoms with Crippen LogP contribution in [-0.4, -0.2) is 26.2 Å². The summed E-state index contributed by atoms with van der Waals surface area (Å²) in [4.78, 5) is 17.7. The number of carbonyl (C=O) groups is 1. The number of nitrogens with zero attached hydrogens (tertiary/aromatic N) is 2. The van der Waals surface area contributed by atoms with Gasteiger partial charge in [0.2, 0.25) is 5.95 Å². The van der Waals surface area contributed by atoms with Gasteiger partial charge in [0.25, 0.3) is 0 Å². The average molecular weight is 198 g/mol. The molecule has 0 aliphatic heterocycles. The van der Waals surface area contributed by atoms with E-state index in [1.165, 1.54) is 0 Å². The Bertz CT molecular complexity index is 337. The summed E-state index contributed by atoms with van der Waals surface area (Å²) in [5, 5.41) is 11.0. The van der Waals surface area contributed by atoms with Crippen LogP contribution in [0.4, 0.5) is 5.95 Å². The van der Waals surface area contributed by atoms with Crippen LogP contribution < -0.4 is 11.1 Å². The van der Waals surface area contributed by atoms with Crippen molar-refractivity contribution in [1.29, 1.82) is 0 Å². The van der Waals surface area contributed by atoms with Gasteiger partial charge in [-0.3, -0.25) is 0 Å². The highest BCUT2D eigenvalue weighted by atomic mass is 32.1. The highest BCUT2D eigenvalue weighted by molar-refractivity contribution is 7.80. The van der Waals surface area contributed by atoms with E-state index in [1.807, 2.05) is 0 Å². The maximum Gasteiger partial charge on any atom is 0.338 e. The third-order valence-electron chi connectivity index (χ3n) is 1.13. The van der Waals surface area contributed by atoms with Gasteiger partial charge < -0.3 is 16.2 Å². The molecule has 7 heteroatoms. The number of rotatable bonds is 2. The average Bonchev–Trinajstić information content (AvgIpc) is 2.04. The molecule has 1 heterocycles. The molecule has 0 aromatic carbocycles. The third-order valence-corrected chi connectivity index (χ3v) is 1.24. The third kappa shape index (κ3) is 2.64. The Kier molecular flexibility index (Phi) is 2.70. The summed E-state index contributed by atoms with van der Waals surface area (Å²) in [7, 11) is 0. The van der Waals surface area contributed by atoms with E-state index in [2.05, 4.69) is 27.5 Å². The molecule has 0 saturated heterocycles. The van der Waals surface area contributed by atoms with Crippen LogP contribution in [0.2, 0.25) is 0 Å². The van der Waals surface area contributed by atoms with Crippen molar-refractivity contribution >= 4 is 29.2 Å². The molecule has 0 amide bonds. The van der Waals surface area contributed by atoms with E-state index in [0.717, 1.165) is 12.4 Å². The molecule has 0 bridgehead atoms. The van der Waals surface area contributed by atoms with Crippen molar-refractivity contribution < 1.29 is 9.90 Å².